The maximum atomic E-state index is 9.98. The first-order valence-corrected chi connectivity index (χ1v) is 1.99. The summed E-state index contributed by atoms with van der Waals surface area (Å²) in [7, 11) is 0. The topological polar surface area (TPSA) is 34.1 Å². The molecule has 3 heteroatoms. The van der Waals surface area contributed by atoms with Gasteiger partial charge in [0.2, 0.25) is 0 Å². The van der Waals surface area contributed by atoms with E-state index in [1.165, 1.54) is 13.8 Å². The largest absolute Gasteiger partial charge is 0.334 e. The normalized spacial score (nSPS) is 6.75. The van der Waals surface area contributed by atoms with Gasteiger partial charge < -0.3 is 9.59 Å². The van der Waals surface area contributed by atoms with Crippen LogP contribution in [0.3, 0.4) is 0 Å². The van der Waals surface area contributed by atoms with Crippen LogP contribution < -0.4 is 0 Å². The molecule has 0 N–H and O–H groups in total. The molecule has 0 heterocycles. The molecule has 0 saturated carbocycles. The summed E-state index contributed by atoms with van der Waals surface area (Å²) < 4.78 is 0. The monoisotopic (exact) mass is 292 g/mol. The molecule has 0 bridgehead atoms. The molecule has 0 saturated heterocycles. The van der Waals surface area contributed by atoms with Gasteiger partial charge in [-0.15, -0.1) is 0 Å². The summed E-state index contributed by atoms with van der Waals surface area (Å²) in [6, 6.07) is 0. The van der Waals surface area contributed by atoms with Crippen LogP contribution in [0.1, 0.15) is 13.8 Å². The fraction of sp³-hybridized carbons (Fsp3) is 0.400. The van der Waals surface area contributed by atoms with Gasteiger partial charge in [0.25, 0.3) is 0 Å². The molecule has 8 heavy (non-hydrogen) atoms. The average molecular weight is 291 g/mol. The zero-order valence-electron chi connectivity index (χ0n) is 4.73. The zero-order valence-corrected chi connectivity index (χ0v) is 7.12. The van der Waals surface area contributed by atoms with Gasteiger partial charge in [0.05, 0.1) is 0 Å². The maximum Gasteiger partial charge on any atom is 0.00219 e. The zero-order chi connectivity index (χ0) is 5.86. The fourth-order valence-electron chi connectivity index (χ4n) is 0.286. The van der Waals surface area contributed by atoms with Gasteiger partial charge in [0.1, 0.15) is 0 Å². The number of hydrogen-bond acceptors (Lipinski definition) is 2. The predicted molar refractivity (Wildman–Crippen MR) is 25.7 cm³/mol. The quantitative estimate of drug-likeness (QED) is 0.544. The Kier molecular flexibility index (Phi) is 6.74. The molecule has 0 fully saturated rings. The number of rotatable bonds is 2. The Balaban J connectivity index is 0. The molecule has 0 amide bonds. The van der Waals surface area contributed by atoms with Crippen molar-refractivity contribution in [2.24, 2.45) is 0 Å². The number of carbonyl (C=O) groups is 2. The van der Waals surface area contributed by atoms with Crippen molar-refractivity contribution < 1.29 is 29.7 Å². The van der Waals surface area contributed by atoms with Crippen LogP contribution >= 0.6 is 0 Å². The molecular formula is C5H7IrO2-. The first-order valence-electron chi connectivity index (χ1n) is 1.99. The van der Waals surface area contributed by atoms with Gasteiger partial charge in [0, 0.05) is 31.7 Å². The molecule has 0 spiro atoms. The molecule has 2 nitrogen and oxygen atoms in total. The van der Waals surface area contributed by atoms with Crippen molar-refractivity contribution in [2.75, 3.05) is 0 Å². The van der Waals surface area contributed by atoms with Gasteiger partial charge in [-0.2, -0.15) is 0 Å². The molecule has 0 aromatic heterocycles. The third-order valence-electron chi connectivity index (χ3n) is 0.407. The Hall–Kier alpha value is -0.141. The summed E-state index contributed by atoms with van der Waals surface area (Å²) in [6.07, 6.45) is 1.06. The SMILES string of the molecule is CC(=O)[CH-]C(C)=O.[Ir]. The molecule has 0 aliphatic heterocycles. The first kappa shape index (κ1) is 10.8. The van der Waals surface area contributed by atoms with Crippen molar-refractivity contribution >= 4 is 11.6 Å². The van der Waals surface area contributed by atoms with Crippen LogP contribution in [0.2, 0.25) is 0 Å². The van der Waals surface area contributed by atoms with Crippen molar-refractivity contribution in [3.8, 4) is 0 Å². The molecule has 49 valence electrons. The summed E-state index contributed by atoms with van der Waals surface area (Å²) in [5, 5.41) is 0. The summed E-state index contributed by atoms with van der Waals surface area (Å²) in [4.78, 5) is 20.0. The van der Waals surface area contributed by atoms with Gasteiger partial charge >= 0.3 is 0 Å². The molecule has 0 aliphatic rings. The third kappa shape index (κ3) is 9.29. The van der Waals surface area contributed by atoms with Crippen molar-refractivity contribution in [3.05, 3.63) is 6.42 Å². The summed E-state index contributed by atoms with van der Waals surface area (Å²) in [6.45, 7) is 2.70. The standard InChI is InChI=1S/C5H7O2.Ir/c1-4(6)3-5(2)7;/h3H,1-2H3;/q-1;. The third-order valence-corrected chi connectivity index (χ3v) is 0.407. The van der Waals surface area contributed by atoms with Gasteiger partial charge in [-0.1, -0.05) is 0 Å². The minimum absolute atomic E-state index is 0. The Morgan fingerprint density at radius 2 is 1.38 bits per heavy atom. The number of hydrogen-bond donors (Lipinski definition) is 0. The summed E-state index contributed by atoms with van der Waals surface area (Å²) in [5.41, 5.74) is 0. The van der Waals surface area contributed by atoms with E-state index in [2.05, 4.69) is 0 Å². The van der Waals surface area contributed by atoms with E-state index < -0.39 is 0 Å². The van der Waals surface area contributed by atoms with E-state index in [1.807, 2.05) is 0 Å². The molecule has 0 unspecified atom stereocenters. The number of ketones is 2. The fourth-order valence-corrected chi connectivity index (χ4v) is 0.286. The minimum Gasteiger partial charge on any atom is -0.334 e. The Labute approximate surface area is 62.0 Å². The molecule has 0 aromatic rings. The van der Waals surface area contributed by atoms with Crippen LogP contribution in [-0.2, 0) is 29.7 Å². The Morgan fingerprint density at radius 1 is 1.12 bits per heavy atom. The van der Waals surface area contributed by atoms with Crippen molar-refractivity contribution in [3.63, 3.8) is 0 Å². The van der Waals surface area contributed by atoms with Crippen LogP contribution in [-0.4, -0.2) is 11.6 Å². The predicted octanol–water partition coefficient (Wildman–Crippen LogP) is 0.366. The van der Waals surface area contributed by atoms with Gasteiger partial charge in [0.15, 0.2) is 0 Å². The van der Waals surface area contributed by atoms with Crippen LogP contribution in [0.15, 0.2) is 0 Å². The molecule has 0 aromatic carbocycles. The summed E-state index contributed by atoms with van der Waals surface area (Å²) >= 11 is 0. The first-order chi connectivity index (χ1) is 3.13. The molecule has 0 atom stereocenters. The second-order valence-corrected chi connectivity index (χ2v) is 1.37. The van der Waals surface area contributed by atoms with E-state index in [4.69, 9.17) is 0 Å². The van der Waals surface area contributed by atoms with Crippen LogP contribution in [0.4, 0.5) is 0 Å². The van der Waals surface area contributed by atoms with Crippen molar-refractivity contribution in [1.29, 1.82) is 0 Å². The van der Waals surface area contributed by atoms with Crippen molar-refractivity contribution in [2.45, 2.75) is 13.8 Å². The second kappa shape index (κ2) is 5.01. The van der Waals surface area contributed by atoms with Crippen LogP contribution in [0, 0.1) is 6.42 Å². The van der Waals surface area contributed by atoms with Crippen molar-refractivity contribution in [1.82, 2.24) is 0 Å². The molecular weight excluding hydrogens is 284 g/mol. The van der Waals surface area contributed by atoms with E-state index >= 15 is 0 Å². The smallest absolute Gasteiger partial charge is 0.00219 e. The molecule has 0 aliphatic carbocycles. The van der Waals surface area contributed by atoms with Crippen LogP contribution in [0.5, 0.6) is 0 Å². The van der Waals surface area contributed by atoms with E-state index in [0.717, 1.165) is 6.42 Å². The molecule has 1 radical (unpaired) electrons. The Morgan fingerprint density at radius 3 is 1.38 bits per heavy atom. The average Bonchev–Trinajstić information content (AvgIpc) is 1.27. The van der Waals surface area contributed by atoms with Crippen LogP contribution in [0.25, 0.3) is 0 Å². The van der Waals surface area contributed by atoms with E-state index in [0.29, 0.717) is 0 Å². The van der Waals surface area contributed by atoms with E-state index in [-0.39, 0.29) is 31.7 Å². The van der Waals surface area contributed by atoms with E-state index in [1.54, 1.807) is 0 Å². The van der Waals surface area contributed by atoms with Gasteiger partial charge in [-0.05, 0) is 13.8 Å². The number of Topliss-reactive ketones (excluding diaryl/α,β-unsaturated/α-hetero) is 2. The van der Waals surface area contributed by atoms with Gasteiger partial charge in [-0.3, -0.25) is 6.42 Å². The number of carbonyl (C=O) groups excluding carboxylic acids is 2. The maximum absolute atomic E-state index is 9.98. The second-order valence-electron chi connectivity index (χ2n) is 1.37. The Bertz CT molecular complexity index is 86.6. The minimum atomic E-state index is -0.187. The summed E-state index contributed by atoms with van der Waals surface area (Å²) in [5.74, 6) is -0.375. The van der Waals surface area contributed by atoms with E-state index in [9.17, 15) is 9.59 Å². The molecule has 0 rings (SSSR count). The van der Waals surface area contributed by atoms with Gasteiger partial charge in [-0.25, -0.2) is 0 Å².